The zero-order valence-electron chi connectivity index (χ0n) is 17.2. The lowest BCUT2D eigenvalue weighted by atomic mass is 9.99. The number of carbonyl (C=O) groups excluding carboxylic acids is 2. The normalized spacial score (nSPS) is 21.6. The molecule has 1 aliphatic heterocycles. The highest BCUT2D eigenvalue weighted by molar-refractivity contribution is 8.15. The van der Waals surface area contributed by atoms with Crippen LogP contribution in [-0.2, 0) is 9.59 Å². The van der Waals surface area contributed by atoms with Crippen molar-refractivity contribution >= 4 is 40.1 Å². The monoisotopic (exact) mass is 414 g/mol. The number of amidine groups is 1. The molecule has 2 amide bonds. The molecule has 0 spiro atoms. The molecule has 1 saturated heterocycles. The van der Waals surface area contributed by atoms with Gasteiger partial charge in [0.2, 0.25) is 11.8 Å². The highest BCUT2D eigenvalue weighted by Gasteiger charge is 2.32. The Bertz CT molecular complexity index is 777. The fourth-order valence-corrected chi connectivity index (χ4v) is 4.37. The van der Waals surface area contributed by atoms with Gasteiger partial charge in [0.25, 0.3) is 0 Å². The summed E-state index contributed by atoms with van der Waals surface area (Å²) in [5.41, 5.74) is 3.07. The molecule has 1 aliphatic carbocycles. The van der Waals surface area contributed by atoms with Crippen LogP contribution in [0, 0.1) is 0 Å². The number of nitrogens with one attached hydrogen (secondary N) is 2. The number of rotatable bonds is 5. The summed E-state index contributed by atoms with van der Waals surface area (Å²) in [5, 5.41) is 14.2. The summed E-state index contributed by atoms with van der Waals surface area (Å²) in [6.45, 7) is 4.26. The number of amides is 2. The maximum absolute atomic E-state index is 12.3. The van der Waals surface area contributed by atoms with E-state index in [1.165, 1.54) is 36.6 Å². The Labute approximate surface area is 177 Å². The number of carbonyl (C=O) groups is 2. The van der Waals surface area contributed by atoms with Gasteiger partial charge in [0.15, 0.2) is 5.17 Å². The van der Waals surface area contributed by atoms with Crippen molar-refractivity contribution in [2.75, 3.05) is 5.32 Å². The van der Waals surface area contributed by atoms with Crippen molar-refractivity contribution < 1.29 is 9.59 Å². The topological polar surface area (TPSA) is 82.9 Å². The summed E-state index contributed by atoms with van der Waals surface area (Å²) in [4.78, 5) is 24.5. The highest BCUT2D eigenvalue weighted by Crippen LogP contribution is 2.24. The largest absolute Gasteiger partial charge is 0.326 e. The molecule has 0 radical (unpaired) electrons. The Hall–Kier alpha value is -2.15. The summed E-state index contributed by atoms with van der Waals surface area (Å²) in [6, 6.07) is 7.81. The van der Waals surface area contributed by atoms with E-state index in [1.807, 2.05) is 24.3 Å². The van der Waals surface area contributed by atoms with Crippen LogP contribution in [0.15, 0.2) is 34.5 Å². The molecular weight excluding hydrogens is 384 g/mol. The average molecular weight is 415 g/mol. The molecule has 7 heteroatoms. The third-order valence-corrected chi connectivity index (χ3v) is 6.29. The summed E-state index contributed by atoms with van der Waals surface area (Å²) in [6.07, 6.45) is 8.19. The predicted molar refractivity (Wildman–Crippen MR) is 120 cm³/mol. The van der Waals surface area contributed by atoms with Crippen molar-refractivity contribution in [2.45, 2.75) is 76.4 Å². The minimum Gasteiger partial charge on any atom is -0.326 e. The van der Waals surface area contributed by atoms with Gasteiger partial charge in [0.05, 0.1) is 0 Å². The van der Waals surface area contributed by atoms with Crippen LogP contribution in [0.25, 0.3) is 0 Å². The van der Waals surface area contributed by atoms with Crippen molar-refractivity contribution in [1.82, 2.24) is 5.32 Å². The van der Waals surface area contributed by atoms with E-state index in [9.17, 15) is 9.59 Å². The van der Waals surface area contributed by atoms with Gasteiger partial charge in [-0.15, -0.1) is 5.10 Å². The van der Waals surface area contributed by atoms with Crippen LogP contribution < -0.4 is 10.6 Å². The minimum absolute atomic E-state index is 0.109. The van der Waals surface area contributed by atoms with E-state index in [4.69, 9.17) is 0 Å². The molecule has 3 rings (SSSR count). The molecule has 1 heterocycles. The summed E-state index contributed by atoms with van der Waals surface area (Å²) < 4.78 is 0. The Kier molecular flexibility index (Phi) is 7.86. The van der Waals surface area contributed by atoms with E-state index < -0.39 is 5.25 Å². The number of thioether (sulfide) groups is 1. The van der Waals surface area contributed by atoms with Crippen LogP contribution in [0.4, 0.5) is 5.69 Å². The molecule has 1 atom stereocenters. The summed E-state index contributed by atoms with van der Waals surface area (Å²) >= 11 is 1.28. The lowest BCUT2D eigenvalue weighted by Gasteiger charge is -2.09. The Balaban J connectivity index is 1.52. The first kappa shape index (κ1) is 21.6. The Morgan fingerprint density at radius 2 is 1.76 bits per heavy atom. The highest BCUT2D eigenvalue weighted by atomic mass is 32.2. The van der Waals surface area contributed by atoms with Crippen LogP contribution in [0.3, 0.4) is 0 Å². The van der Waals surface area contributed by atoms with Crippen molar-refractivity contribution in [2.24, 2.45) is 10.2 Å². The maximum atomic E-state index is 12.3. The van der Waals surface area contributed by atoms with E-state index in [0.717, 1.165) is 37.1 Å². The first-order valence-electron chi connectivity index (χ1n) is 10.5. The molecule has 1 saturated carbocycles. The smallest absolute Gasteiger partial charge is 0.240 e. The average Bonchev–Trinajstić information content (AvgIpc) is 3.00. The molecule has 6 nitrogen and oxygen atoms in total. The number of hydrogen-bond acceptors (Lipinski definition) is 5. The number of benzene rings is 1. The second-order valence-electron chi connectivity index (χ2n) is 7.96. The van der Waals surface area contributed by atoms with Crippen molar-refractivity contribution in [3.05, 3.63) is 29.8 Å². The molecule has 2 fully saturated rings. The maximum Gasteiger partial charge on any atom is 0.240 e. The van der Waals surface area contributed by atoms with Gasteiger partial charge in [-0.2, -0.15) is 5.10 Å². The molecule has 1 aromatic rings. The van der Waals surface area contributed by atoms with Crippen molar-refractivity contribution in [3.63, 3.8) is 0 Å². The van der Waals surface area contributed by atoms with Gasteiger partial charge < -0.3 is 10.6 Å². The van der Waals surface area contributed by atoms with Crippen LogP contribution >= 0.6 is 11.8 Å². The van der Waals surface area contributed by atoms with Crippen LogP contribution in [0.2, 0.25) is 0 Å². The quantitative estimate of drug-likeness (QED) is 0.677. The van der Waals surface area contributed by atoms with Crippen molar-refractivity contribution in [1.29, 1.82) is 0 Å². The fraction of sp³-hybridized carbons (Fsp3) is 0.545. The Morgan fingerprint density at radius 1 is 1.10 bits per heavy atom. The SMILES string of the molecule is CC(C)c1ccc(NC(=O)C[C@H]2S/C(=N/N=C3CCCCCCC3)NC2=O)cc1. The van der Waals surface area contributed by atoms with E-state index >= 15 is 0 Å². The predicted octanol–water partition coefficient (Wildman–Crippen LogP) is 4.83. The molecule has 2 aliphatic rings. The van der Waals surface area contributed by atoms with E-state index in [1.54, 1.807) is 0 Å². The second-order valence-corrected chi connectivity index (χ2v) is 9.16. The van der Waals surface area contributed by atoms with Crippen LogP contribution in [-0.4, -0.2) is 27.9 Å². The Morgan fingerprint density at radius 3 is 2.41 bits per heavy atom. The first-order chi connectivity index (χ1) is 14.0. The van der Waals surface area contributed by atoms with Gasteiger partial charge in [-0.1, -0.05) is 57.0 Å². The third-order valence-electron chi connectivity index (χ3n) is 5.22. The third kappa shape index (κ3) is 6.70. The van der Waals surface area contributed by atoms with Crippen molar-refractivity contribution in [3.8, 4) is 0 Å². The molecular formula is C22H30N4O2S. The molecule has 0 aromatic heterocycles. The lowest BCUT2D eigenvalue weighted by Crippen LogP contribution is -2.28. The van der Waals surface area contributed by atoms with E-state index in [0.29, 0.717) is 11.1 Å². The fourth-order valence-electron chi connectivity index (χ4n) is 3.45. The molecule has 0 bridgehead atoms. The molecule has 2 N–H and O–H groups in total. The van der Waals surface area contributed by atoms with Crippen LogP contribution in [0.1, 0.15) is 76.7 Å². The van der Waals surface area contributed by atoms with E-state index in [2.05, 4.69) is 34.7 Å². The zero-order chi connectivity index (χ0) is 20.6. The molecule has 156 valence electrons. The summed E-state index contributed by atoms with van der Waals surface area (Å²) in [7, 11) is 0. The first-order valence-corrected chi connectivity index (χ1v) is 11.4. The minimum atomic E-state index is -0.471. The van der Waals surface area contributed by atoms with Gasteiger partial charge in [0.1, 0.15) is 5.25 Å². The van der Waals surface area contributed by atoms with Gasteiger partial charge in [0, 0.05) is 17.8 Å². The van der Waals surface area contributed by atoms with Gasteiger partial charge in [-0.25, -0.2) is 0 Å². The standard InChI is InChI=1S/C22H30N4O2S/c1-15(2)16-10-12-17(13-11-16)23-20(27)14-19-21(28)24-22(29-19)26-25-18-8-6-4-3-5-7-9-18/h10-13,15,19H,3-9,14H2,1-2H3,(H,23,27)(H,24,26,28)/t19-/m1/s1. The number of anilines is 1. The van der Waals surface area contributed by atoms with E-state index in [-0.39, 0.29) is 18.2 Å². The number of nitrogens with zero attached hydrogens (tertiary/aromatic N) is 2. The summed E-state index contributed by atoms with van der Waals surface area (Å²) in [5.74, 6) is 0.0847. The lowest BCUT2D eigenvalue weighted by molar-refractivity contribution is -0.122. The van der Waals surface area contributed by atoms with Gasteiger partial charge >= 0.3 is 0 Å². The van der Waals surface area contributed by atoms with Gasteiger partial charge in [-0.05, 0) is 49.3 Å². The van der Waals surface area contributed by atoms with Crippen LogP contribution in [0.5, 0.6) is 0 Å². The molecule has 29 heavy (non-hydrogen) atoms. The second kappa shape index (κ2) is 10.6. The molecule has 1 aromatic carbocycles. The number of hydrogen-bond donors (Lipinski definition) is 2. The van der Waals surface area contributed by atoms with Gasteiger partial charge in [-0.3, -0.25) is 9.59 Å². The molecule has 0 unspecified atom stereocenters. The zero-order valence-corrected chi connectivity index (χ0v) is 18.1.